The Labute approximate surface area is 175 Å². The smallest absolute Gasteiger partial charge is 0.119 e. The fourth-order valence-electron chi connectivity index (χ4n) is 5.57. The van der Waals surface area contributed by atoms with Gasteiger partial charge in [-0.1, -0.05) is 6.42 Å². The van der Waals surface area contributed by atoms with E-state index in [9.17, 15) is 0 Å². The Morgan fingerprint density at radius 3 is 2.38 bits per heavy atom. The van der Waals surface area contributed by atoms with E-state index < -0.39 is 0 Å². The lowest BCUT2D eigenvalue weighted by Gasteiger charge is -2.44. The normalized spacial score (nSPS) is 31.6. The van der Waals surface area contributed by atoms with Crippen molar-refractivity contribution in [2.75, 3.05) is 57.4 Å². The van der Waals surface area contributed by atoms with Gasteiger partial charge in [-0.2, -0.15) is 0 Å². The van der Waals surface area contributed by atoms with Gasteiger partial charge in [0, 0.05) is 56.8 Å². The lowest BCUT2D eigenvalue weighted by atomic mass is 9.86. The van der Waals surface area contributed by atoms with Gasteiger partial charge in [-0.05, 0) is 63.0 Å². The summed E-state index contributed by atoms with van der Waals surface area (Å²) in [5, 5.41) is 0. The Hall–Kier alpha value is -1.30. The number of piperidine rings is 1. The third-order valence-electron chi connectivity index (χ3n) is 7.40. The number of ether oxygens (including phenoxy) is 2. The van der Waals surface area contributed by atoms with Gasteiger partial charge < -0.3 is 19.3 Å². The van der Waals surface area contributed by atoms with E-state index in [0.29, 0.717) is 12.1 Å². The Kier molecular flexibility index (Phi) is 6.26. The quantitative estimate of drug-likeness (QED) is 0.731. The maximum absolute atomic E-state index is 6.27. The molecule has 4 aliphatic rings. The molecule has 3 heterocycles. The van der Waals surface area contributed by atoms with Gasteiger partial charge in [-0.25, -0.2) is 0 Å². The summed E-state index contributed by atoms with van der Waals surface area (Å²) >= 11 is 0. The Morgan fingerprint density at radius 2 is 1.62 bits per heavy atom. The molecule has 0 aromatic heterocycles. The monoisotopic (exact) mass is 399 g/mol. The molecule has 5 heteroatoms. The van der Waals surface area contributed by atoms with Crippen LogP contribution < -0.4 is 9.64 Å². The molecule has 1 aliphatic carbocycles. The third kappa shape index (κ3) is 4.73. The van der Waals surface area contributed by atoms with Crippen LogP contribution in [0.15, 0.2) is 24.3 Å². The first kappa shape index (κ1) is 19.7. The van der Waals surface area contributed by atoms with Gasteiger partial charge in [0.25, 0.3) is 0 Å². The van der Waals surface area contributed by atoms with Crippen LogP contribution in [0.2, 0.25) is 0 Å². The molecule has 5 rings (SSSR count). The second-order valence-electron chi connectivity index (χ2n) is 9.36. The predicted molar refractivity (Wildman–Crippen MR) is 117 cm³/mol. The molecule has 1 aromatic rings. The Balaban J connectivity index is 1.11. The van der Waals surface area contributed by atoms with Crippen LogP contribution in [-0.4, -0.2) is 80.5 Å². The van der Waals surface area contributed by atoms with Gasteiger partial charge in [0.15, 0.2) is 0 Å². The van der Waals surface area contributed by atoms with Crippen molar-refractivity contribution in [1.29, 1.82) is 0 Å². The number of likely N-dealkylation sites (tertiary alicyclic amines) is 1. The molecule has 1 aromatic carbocycles. The van der Waals surface area contributed by atoms with E-state index >= 15 is 0 Å². The van der Waals surface area contributed by atoms with E-state index in [1.807, 2.05) is 0 Å². The molecule has 29 heavy (non-hydrogen) atoms. The van der Waals surface area contributed by atoms with Gasteiger partial charge in [0.2, 0.25) is 0 Å². The average molecular weight is 400 g/mol. The molecule has 0 radical (unpaired) electrons. The zero-order valence-corrected chi connectivity index (χ0v) is 17.8. The first-order chi connectivity index (χ1) is 14.3. The molecule has 3 aliphatic heterocycles. The molecule has 0 amide bonds. The molecule has 5 nitrogen and oxygen atoms in total. The fourth-order valence-corrected chi connectivity index (χ4v) is 5.57. The van der Waals surface area contributed by atoms with Crippen LogP contribution >= 0.6 is 0 Å². The largest absolute Gasteiger partial charge is 0.490 e. The van der Waals surface area contributed by atoms with Crippen LogP contribution in [0.4, 0.5) is 5.69 Å². The highest BCUT2D eigenvalue weighted by Gasteiger charge is 2.35. The zero-order chi connectivity index (χ0) is 19.5. The van der Waals surface area contributed by atoms with Gasteiger partial charge in [-0.3, -0.25) is 4.90 Å². The van der Waals surface area contributed by atoms with Crippen molar-refractivity contribution >= 4 is 5.69 Å². The van der Waals surface area contributed by atoms with Crippen molar-refractivity contribution in [3.8, 4) is 5.75 Å². The highest BCUT2D eigenvalue weighted by Crippen LogP contribution is 2.33. The number of morpholine rings is 1. The lowest BCUT2D eigenvalue weighted by Crippen LogP contribution is -2.50. The highest BCUT2D eigenvalue weighted by atomic mass is 16.5. The van der Waals surface area contributed by atoms with Crippen LogP contribution in [0.3, 0.4) is 0 Å². The van der Waals surface area contributed by atoms with Crippen LogP contribution in [0.5, 0.6) is 5.75 Å². The number of anilines is 1. The van der Waals surface area contributed by atoms with Crippen molar-refractivity contribution in [2.45, 2.75) is 63.1 Å². The van der Waals surface area contributed by atoms with E-state index in [0.717, 1.165) is 38.1 Å². The highest BCUT2D eigenvalue weighted by molar-refractivity contribution is 5.51. The van der Waals surface area contributed by atoms with Crippen molar-refractivity contribution < 1.29 is 9.47 Å². The zero-order valence-electron chi connectivity index (χ0n) is 17.8. The molecule has 0 bridgehead atoms. The number of hydrogen-bond acceptors (Lipinski definition) is 5. The molecule has 3 saturated heterocycles. The fraction of sp³-hybridized carbons (Fsp3) is 0.750. The Morgan fingerprint density at radius 1 is 0.862 bits per heavy atom. The second kappa shape index (κ2) is 9.23. The van der Waals surface area contributed by atoms with Crippen molar-refractivity contribution in [3.63, 3.8) is 0 Å². The van der Waals surface area contributed by atoms with E-state index in [1.165, 1.54) is 76.8 Å². The van der Waals surface area contributed by atoms with Gasteiger partial charge in [-0.15, -0.1) is 0 Å². The van der Waals surface area contributed by atoms with Crippen LogP contribution in [0, 0.1) is 0 Å². The summed E-state index contributed by atoms with van der Waals surface area (Å²) in [6.45, 7) is 8.88. The van der Waals surface area contributed by atoms with Crippen LogP contribution in [0.25, 0.3) is 0 Å². The second-order valence-corrected chi connectivity index (χ2v) is 9.36. The number of rotatable bonds is 6. The summed E-state index contributed by atoms with van der Waals surface area (Å²) in [7, 11) is 0. The SMILES string of the molecule is c1cc(N2CCC[C@H]2CN2CCOCC2)ccc1OC1CC(N2CCCCC2)C1. The summed E-state index contributed by atoms with van der Waals surface area (Å²) in [5.41, 5.74) is 1.35. The molecule has 0 unspecified atom stereocenters. The molecule has 1 saturated carbocycles. The summed E-state index contributed by atoms with van der Waals surface area (Å²) in [6, 6.07) is 10.3. The Bertz CT molecular complexity index is 634. The molecule has 0 spiro atoms. The lowest BCUT2D eigenvalue weighted by molar-refractivity contribution is 0.00892. The van der Waals surface area contributed by atoms with Gasteiger partial charge in [0.05, 0.1) is 13.2 Å². The van der Waals surface area contributed by atoms with E-state index in [-0.39, 0.29) is 0 Å². The van der Waals surface area contributed by atoms with Crippen LogP contribution in [-0.2, 0) is 4.74 Å². The molecule has 0 N–H and O–H groups in total. The van der Waals surface area contributed by atoms with Crippen LogP contribution in [0.1, 0.15) is 44.9 Å². The summed E-state index contributed by atoms with van der Waals surface area (Å²) in [6.07, 6.45) is 9.60. The predicted octanol–water partition coefficient (Wildman–Crippen LogP) is 3.38. The third-order valence-corrected chi connectivity index (χ3v) is 7.40. The molecule has 1 atom stereocenters. The maximum Gasteiger partial charge on any atom is 0.119 e. The topological polar surface area (TPSA) is 28.2 Å². The van der Waals surface area contributed by atoms with Crippen molar-refractivity contribution in [3.05, 3.63) is 24.3 Å². The summed E-state index contributed by atoms with van der Waals surface area (Å²) in [4.78, 5) is 7.86. The van der Waals surface area contributed by atoms with Crippen molar-refractivity contribution in [2.24, 2.45) is 0 Å². The van der Waals surface area contributed by atoms with Crippen molar-refractivity contribution in [1.82, 2.24) is 9.80 Å². The van der Waals surface area contributed by atoms with Gasteiger partial charge >= 0.3 is 0 Å². The molecular weight excluding hydrogens is 362 g/mol. The first-order valence-electron chi connectivity index (χ1n) is 11.9. The average Bonchev–Trinajstić information content (AvgIpc) is 3.20. The minimum Gasteiger partial charge on any atom is -0.490 e. The van der Waals surface area contributed by atoms with E-state index in [2.05, 4.69) is 39.0 Å². The van der Waals surface area contributed by atoms with E-state index in [4.69, 9.17) is 9.47 Å². The van der Waals surface area contributed by atoms with E-state index in [1.54, 1.807) is 0 Å². The number of hydrogen-bond donors (Lipinski definition) is 0. The minimum atomic E-state index is 0.411. The number of nitrogens with zero attached hydrogens (tertiary/aromatic N) is 3. The number of benzene rings is 1. The van der Waals surface area contributed by atoms with Gasteiger partial charge in [0.1, 0.15) is 11.9 Å². The summed E-state index contributed by atoms with van der Waals surface area (Å²) < 4.78 is 11.8. The molecule has 4 fully saturated rings. The molecular formula is C24H37N3O2. The first-order valence-corrected chi connectivity index (χ1v) is 11.9. The molecule has 160 valence electrons. The standard InChI is InChI=1S/C24H37N3O2/c1-2-10-26(11-3-1)22-17-24(18-22)29-23-8-6-20(7-9-23)27-12-4-5-21(27)19-25-13-15-28-16-14-25/h6-9,21-22,24H,1-5,10-19H2/t21-,22?,24?/m0/s1. The summed E-state index contributed by atoms with van der Waals surface area (Å²) in [5.74, 6) is 1.04. The minimum absolute atomic E-state index is 0.411. The maximum atomic E-state index is 6.27.